The van der Waals surface area contributed by atoms with Gasteiger partial charge in [-0.05, 0) is 22.9 Å². The van der Waals surface area contributed by atoms with Crippen molar-refractivity contribution in [1.29, 1.82) is 5.39 Å². The molecule has 2 heterocycles. The largest absolute Gasteiger partial charge is 0.469 e. The predicted molar refractivity (Wildman–Crippen MR) is 53.0 cm³/mol. The van der Waals surface area contributed by atoms with Crippen LogP contribution in [-0.4, -0.2) is 14.6 Å². The van der Waals surface area contributed by atoms with Gasteiger partial charge in [0.05, 0.1) is 4.47 Å². The highest BCUT2D eigenvalue weighted by Crippen LogP contribution is 2.19. The maximum Gasteiger partial charge on any atom is 0.469 e. The SMILES string of the molecule is Cc1[nH]n2c(=O)c([N+]#N)cnc2c1Br. The van der Waals surface area contributed by atoms with Gasteiger partial charge in [0, 0.05) is 5.69 Å². The van der Waals surface area contributed by atoms with E-state index >= 15 is 0 Å². The number of nitrogens with one attached hydrogen (secondary N) is 1. The summed E-state index contributed by atoms with van der Waals surface area (Å²) in [7, 11) is 0. The second-order valence-corrected chi connectivity index (χ2v) is 3.55. The molecule has 0 aliphatic carbocycles. The molecule has 0 saturated heterocycles. The highest BCUT2D eigenvalue weighted by atomic mass is 79.9. The molecule has 0 radical (unpaired) electrons. The summed E-state index contributed by atoms with van der Waals surface area (Å²) >= 11 is 3.28. The number of hydrogen-bond acceptors (Lipinski definition) is 3. The molecule has 6 nitrogen and oxygen atoms in total. The number of diazo groups is 1. The molecule has 2 rings (SSSR count). The van der Waals surface area contributed by atoms with Crippen LogP contribution in [0.2, 0.25) is 0 Å². The number of H-pyrrole nitrogens is 1. The van der Waals surface area contributed by atoms with Crippen LogP contribution in [0.5, 0.6) is 0 Å². The summed E-state index contributed by atoms with van der Waals surface area (Å²) in [6.45, 7) is 1.80. The van der Waals surface area contributed by atoms with E-state index in [-0.39, 0.29) is 5.69 Å². The molecule has 0 aliphatic heterocycles. The quantitative estimate of drug-likeness (QED) is 0.726. The fraction of sp³-hybridized carbons (Fsp3) is 0.143. The Morgan fingerprint density at radius 1 is 1.71 bits per heavy atom. The molecule has 0 amide bonds. The third kappa shape index (κ3) is 1.04. The van der Waals surface area contributed by atoms with E-state index in [0.717, 1.165) is 10.2 Å². The average molecular weight is 255 g/mol. The van der Waals surface area contributed by atoms with Crippen molar-refractivity contribution < 1.29 is 0 Å². The maximum atomic E-state index is 11.5. The van der Waals surface area contributed by atoms with Crippen molar-refractivity contribution in [3.63, 3.8) is 0 Å². The first kappa shape index (κ1) is 8.90. The number of fused-ring (bicyclic) bond motifs is 1. The van der Waals surface area contributed by atoms with Crippen LogP contribution in [0, 0.1) is 12.3 Å². The van der Waals surface area contributed by atoms with Crippen molar-refractivity contribution >= 4 is 27.3 Å². The summed E-state index contributed by atoms with van der Waals surface area (Å²) in [5.41, 5.74) is 0.715. The fourth-order valence-electron chi connectivity index (χ4n) is 1.16. The van der Waals surface area contributed by atoms with Crippen molar-refractivity contribution in [2.75, 3.05) is 0 Å². The fourth-order valence-corrected chi connectivity index (χ4v) is 1.53. The molecule has 2 aromatic rings. The van der Waals surface area contributed by atoms with Gasteiger partial charge in [-0.15, -0.1) is 0 Å². The molecule has 14 heavy (non-hydrogen) atoms. The van der Waals surface area contributed by atoms with Crippen molar-refractivity contribution in [3.05, 3.63) is 31.7 Å². The summed E-state index contributed by atoms with van der Waals surface area (Å²) in [6.07, 6.45) is 1.22. The van der Waals surface area contributed by atoms with Crippen LogP contribution >= 0.6 is 15.9 Å². The zero-order valence-electron chi connectivity index (χ0n) is 7.15. The van der Waals surface area contributed by atoms with E-state index in [1.54, 1.807) is 6.92 Å². The molecule has 0 saturated carbocycles. The van der Waals surface area contributed by atoms with Gasteiger partial charge in [0.1, 0.15) is 6.20 Å². The van der Waals surface area contributed by atoms with Gasteiger partial charge in [0.15, 0.2) is 10.6 Å². The smallest absolute Gasteiger partial charge is 0.293 e. The number of aromatic nitrogens is 3. The van der Waals surface area contributed by atoms with Crippen LogP contribution in [0.4, 0.5) is 5.69 Å². The lowest BCUT2D eigenvalue weighted by Gasteiger charge is -1.86. The second-order valence-electron chi connectivity index (χ2n) is 2.76. The number of aromatic amines is 1. The van der Waals surface area contributed by atoms with Gasteiger partial charge in [0.25, 0.3) is 0 Å². The van der Waals surface area contributed by atoms with Crippen LogP contribution in [0.3, 0.4) is 0 Å². The molecule has 0 fully saturated rings. The lowest BCUT2D eigenvalue weighted by Crippen LogP contribution is -2.13. The molecule has 0 unspecified atom stereocenters. The summed E-state index contributed by atoms with van der Waals surface area (Å²) in [5.74, 6) is 0. The van der Waals surface area contributed by atoms with Gasteiger partial charge in [-0.25, -0.2) is 4.98 Å². The summed E-state index contributed by atoms with van der Waals surface area (Å²) < 4.78 is 1.94. The first-order valence-corrected chi connectivity index (χ1v) is 4.55. The standard InChI is InChI=1S/C7H4BrN5O/c1-3-5(8)6-10-2-4(11-9)7(14)13(6)12-3/h2H,1H3/p+1. The van der Waals surface area contributed by atoms with Crippen LogP contribution in [0.1, 0.15) is 5.69 Å². The van der Waals surface area contributed by atoms with Crippen LogP contribution < -0.4 is 5.56 Å². The summed E-state index contributed by atoms with van der Waals surface area (Å²) in [6, 6.07) is 0. The van der Waals surface area contributed by atoms with Gasteiger partial charge in [0.2, 0.25) is 5.39 Å². The number of rotatable bonds is 0. The minimum atomic E-state index is -0.439. The van der Waals surface area contributed by atoms with E-state index in [9.17, 15) is 4.79 Å². The molecule has 0 atom stereocenters. The third-order valence-electron chi connectivity index (χ3n) is 1.86. The van der Waals surface area contributed by atoms with Gasteiger partial charge in [-0.1, -0.05) is 0 Å². The molecule has 70 valence electrons. The Morgan fingerprint density at radius 2 is 2.43 bits per heavy atom. The van der Waals surface area contributed by atoms with Crippen molar-refractivity contribution in [2.24, 2.45) is 0 Å². The highest BCUT2D eigenvalue weighted by Gasteiger charge is 2.18. The molecular formula is C7H5BrN5O+. The van der Waals surface area contributed by atoms with E-state index in [2.05, 4.69) is 31.0 Å². The molecule has 2 aromatic heterocycles. The lowest BCUT2D eigenvalue weighted by atomic mass is 10.5. The molecule has 0 bridgehead atoms. The van der Waals surface area contributed by atoms with Gasteiger partial charge >= 0.3 is 11.2 Å². The van der Waals surface area contributed by atoms with Crippen LogP contribution in [-0.2, 0) is 0 Å². The van der Waals surface area contributed by atoms with E-state index in [1.165, 1.54) is 10.7 Å². The van der Waals surface area contributed by atoms with Gasteiger partial charge in [-0.2, -0.15) is 4.52 Å². The Hall–Kier alpha value is -1.68. The number of aryl methyl sites for hydroxylation is 1. The monoisotopic (exact) mass is 254 g/mol. The molecule has 7 heteroatoms. The normalized spacial score (nSPS) is 10.4. The number of hydrogen-bond donors (Lipinski definition) is 1. The lowest BCUT2D eigenvalue weighted by molar-refractivity contribution is 0.885. The summed E-state index contributed by atoms with van der Waals surface area (Å²) in [4.78, 5) is 18.3. The second kappa shape index (κ2) is 2.92. The topological polar surface area (TPSA) is 78.3 Å². The number of halogens is 1. The van der Waals surface area contributed by atoms with E-state index in [1.807, 2.05) is 0 Å². The first-order chi connectivity index (χ1) is 6.65. The van der Waals surface area contributed by atoms with Crippen molar-refractivity contribution in [1.82, 2.24) is 14.6 Å². The third-order valence-corrected chi connectivity index (χ3v) is 2.81. The predicted octanol–water partition coefficient (Wildman–Crippen LogP) is 1.58. The molecule has 0 spiro atoms. The van der Waals surface area contributed by atoms with Crippen LogP contribution in [0.25, 0.3) is 10.6 Å². The van der Waals surface area contributed by atoms with Crippen molar-refractivity contribution in [2.45, 2.75) is 6.92 Å². The highest BCUT2D eigenvalue weighted by molar-refractivity contribution is 9.10. The zero-order valence-corrected chi connectivity index (χ0v) is 8.74. The Bertz CT molecular complexity index is 605. The maximum absolute atomic E-state index is 11.5. The zero-order chi connectivity index (χ0) is 10.3. The number of nitrogens with zero attached hydrogens (tertiary/aromatic N) is 4. The molecule has 1 N–H and O–H groups in total. The van der Waals surface area contributed by atoms with E-state index in [0.29, 0.717) is 5.65 Å². The van der Waals surface area contributed by atoms with Crippen molar-refractivity contribution in [3.8, 4) is 0 Å². The molecule has 0 aromatic carbocycles. The minimum absolute atomic E-state index is 0.101. The Balaban J connectivity index is 3.00. The Morgan fingerprint density at radius 3 is 3.07 bits per heavy atom. The average Bonchev–Trinajstić information content (AvgIpc) is 2.46. The van der Waals surface area contributed by atoms with E-state index in [4.69, 9.17) is 5.39 Å². The van der Waals surface area contributed by atoms with E-state index < -0.39 is 5.56 Å². The molecular weight excluding hydrogens is 250 g/mol. The van der Waals surface area contributed by atoms with Gasteiger partial charge in [-0.3, -0.25) is 9.89 Å². The molecule has 0 aliphatic rings. The first-order valence-electron chi connectivity index (χ1n) is 3.76. The van der Waals surface area contributed by atoms with Gasteiger partial charge < -0.3 is 0 Å². The Kier molecular flexibility index (Phi) is 1.86. The van der Waals surface area contributed by atoms with Crippen LogP contribution in [0.15, 0.2) is 15.5 Å². The summed E-state index contributed by atoms with van der Waals surface area (Å²) in [5, 5.41) is 11.3. The Labute approximate surface area is 86.3 Å². The minimum Gasteiger partial charge on any atom is -0.293 e.